The topological polar surface area (TPSA) is 29.5 Å². The summed E-state index contributed by atoms with van der Waals surface area (Å²) in [7, 11) is 0. The van der Waals surface area contributed by atoms with E-state index in [1.54, 1.807) is 11.1 Å². The number of hydrogen-bond acceptors (Lipinski definition) is 3. The molecule has 3 nitrogen and oxygen atoms in total. The van der Waals surface area contributed by atoms with E-state index in [0.717, 1.165) is 50.0 Å². The second-order valence-corrected chi connectivity index (χ2v) is 14.5. The number of benzene rings is 1. The highest BCUT2D eigenvalue weighted by Gasteiger charge is 2.59. The highest BCUT2D eigenvalue weighted by molar-refractivity contribution is 5.91. The molecule has 2 saturated carbocycles. The molecule has 0 bridgehead atoms. The number of likely N-dealkylation sites (tertiary alicyclic amines) is 1. The molecule has 204 valence electrons. The maximum absolute atomic E-state index is 12.2. The standard InChI is InChI=1S/C35H47NO2/c1-22-16-32-33(36(20-22)21-25-8-6-5-7-9-25)24(3)35(38-32)15-13-28-29-11-10-26-17-27(37)12-14-34(26,4)31(29)18-30(28)23(2)19-35/h5-9,17,22,24,28-29,31-33H,10-16,18-21H2,1-4H3/t22-,24+,28-,29-,31-,32+,33-,34-,35?/m0/s1. The first-order chi connectivity index (χ1) is 18.3. The Morgan fingerprint density at radius 2 is 1.89 bits per heavy atom. The van der Waals surface area contributed by atoms with E-state index in [4.69, 9.17) is 4.74 Å². The highest BCUT2D eigenvalue weighted by atomic mass is 16.5. The van der Waals surface area contributed by atoms with Crippen molar-refractivity contribution in [3.63, 3.8) is 0 Å². The van der Waals surface area contributed by atoms with Crippen LogP contribution in [0.3, 0.4) is 0 Å². The SMILES string of the molecule is CC1=C2C[C@H]3[C@@H](CCC4=CC(=O)CC[C@@]43C)[C@@H]2CCC2(C1)O[C@@H]1C[C@H](C)CN(Cc3ccccc3)[C@H]1[C@H]2C. The van der Waals surface area contributed by atoms with E-state index in [1.807, 2.05) is 6.08 Å². The summed E-state index contributed by atoms with van der Waals surface area (Å²) in [6.45, 7) is 12.1. The summed E-state index contributed by atoms with van der Waals surface area (Å²) < 4.78 is 7.29. The van der Waals surface area contributed by atoms with E-state index < -0.39 is 0 Å². The van der Waals surface area contributed by atoms with E-state index in [0.29, 0.717) is 29.8 Å². The number of ketones is 1. The zero-order valence-electron chi connectivity index (χ0n) is 24.0. The predicted molar refractivity (Wildman–Crippen MR) is 152 cm³/mol. The van der Waals surface area contributed by atoms with Gasteiger partial charge in [0.15, 0.2) is 5.78 Å². The molecule has 2 aliphatic heterocycles. The van der Waals surface area contributed by atoms with Crippen molar-refractivity contribution >= 4 is 5.78 Å². The lowest BCUT2D eigenvalue weighted by atomic mass is 9.56. The van der Waals surface area contributed by atoms with Crippen LogP contribution in [0.5, 0.6) is 0 Å². The minimum absolute atomic E-state index is 0.00780. The molecule has 38 heavy (non-hydrogen) atoms. The molecule has 4 fully saturated rings. The smallest absolute Gasteiger partial charge is 0.155 e. The van der Waals surface area contributed by atoms with Crippen LogP contribution in [0.4, 0.5) is 0 Å². The summed E-state index contributed by atoms with van der Waals surface area (Å²) in [5, 5.41) is 0. The van der Waals surface area contributed by atoms with Crippen LogP contribution < -0.4 is 0 Å². The van der Waals surface area contributed by atoms with Crippen LogP contribution in [-0.4, -0.2) is 35.0 Å². The molecule has 0 N–H and O–H groups in total. The summed E-state index contributed by atoms with van der Waals surface area (Å²) in [5.41, 5.74) is 6.58. The molecular formula is C35H47NO2. The lowest BCUT2D eigenvalue weighted by Gasteiger charge is -2.48. The number of piperidine rings is 1. The summed E-state index contributed by atoms with van der Waals surface area (Å²) in [4.78, 5) is 15.0. The fourth-order valence-corrected chi connectivity index (χ4v) is 10.5. The molecular weight excluding hydrogens is 466 g/mol. The van der Waals surface area contributed by atoms with E-state index in [1.165, 1.54) is 49.8 Å². The van der Waals surface area contributed by atoms with Gasteiger partial charge in [0.25, 0.3) is 0 Å². The molecule has 1 spiro atoms. The molecule has 1 aromatic carbocycles. The average molecular weight is 514 g/mol. The number of ether oxygens (including phenoxy) is 1. The minimum atomic E-state index is -0.00780. The Labute approximate surface area is 230 Å². The maximum atomic E-state index is 12.2. The molecule has 6 aliphatic rings. The van der Waals surface area contributed by atoms with Gasteiger partial charge < -0.3 is 4.74 Å². The van der Waals surface area contributed by atoms with Crippen molar-refractivity contribution < 1.29 is 9.53 Å². The molecule has 4 aliphatic carbocycles. The van der Waals surface area contributed by atoms with Crippen molar-refractivity contribution in [2.24, 2.45) is 35.0 Å². The largest absolute Gasteiger partial charge is 0.369 e. The predicted octanol–water partition coefficient (Wildman–Crippen LogP) is 7.51. The third kappa shape index (κ3) is 3.85. The van der Waals surface area contributed by atoms with Crippen molar-refractivity contribution in [1.82, 2.24) is 4.90 Å². The second kappa shape index (κ2) is 9.16. The van der Waals surface area contributed by atoms with E-state index in [9.17, 15) is 4.79 Å². The van der Waals surface area contributed by atoms with Gasteiger partial charge in [-0.05, 0) is 99.0 Å². The van der Waals surface area contributed by atoms with Gasteiger partial charge in [-0.2, -0.15) is 0 Å². The highest BCUT2D eigenvalue weighted by Crippen LogP contribution is 2.64. The fourth-order valence-electron chi connectivity index (χ4n) is 10.5. The fraction of sp³-hybridized carbons (Fsp3) is 0.686. The first-order valence-electron chi connectivity index (χ1n) is 15.7. The number of carbonyl (C=O) groups excluding carboxylic acids is 1. The van der Waals surface area contributed by atoms with Crippen molar-refractivity contribution in [1.29, 1.82) is 0 Å². The molecule has 0 aromatic heterocycles. The van der Waals surface area contributed by atoms with Gasteiger partial charge in [-0.25, -0.2) is 0 Å². The summed E-state index contributed by atoms with van der Waals surface area (Å²) >= 11 is 0. The second-order valence-electron chi connectivity index (χ2n) is 14.5. The van der Waals surface area contributed by atoms with Gasteiger partial charge in [0.2, 0.25) is 0 Å². The molecule has 1 aromatic rings. The number of fused-ring (bicyclic) bond motifs is 6. The van der Waals surface area contributed by atoms with E-state index in [-0.39, 0.29) is 11.0 Å². The Kier molecular flexibility index (Phi) is 6.09. The van der Waals surface area contributed by atoms with Gasteiger partial charge in [0.05, 0.1) is 11.7 Å². The van der Waals surface area contributed by atoms with Crippen molar-refractivity contribution in [3.05, 3.63) is 58.7 Å². The molecule has 1 unspecified atom stereocenters. The van der Waals surface area contributed by atoms with E-state index in [2.05, 4.69) is 62.9 Å². The summed E-state index contributed by atoms with van der Waals surface area (Å²) in [5.74, 6) is 3.85. The Morgan fingerprint density at radius 3 is 2.71 bits per heavy atom. The zero-order valence-corrected chi connectivity index (χ0v) is 24.0. The lowest BCUT2D eigenvalue weighted by molar-refractivity contribution is -0.116. The third-order valence-electron chi connectivity index (χ3n) is 12.4. The Morgan fingerprint density at radius 1 is 1.08 bits per heavy atom. The van der Waals surface area contributed by atoms with E-state index >= 15 is 0 Å². The van der Waals surface area contributed by atoms with Crippen LogP contribution in [0.1, 0.15) is 91.0 Å². The Bertz CT molecular complexity index is 1170. The van der Waals surface area contributed by atoms with Crippen LogP contribution in [0.15, 0.2) is 53.1 Å². The van der Waals surface area contributed by atoms with Crippen LogP contribution in [-0.2, 0) is 16.1 Å². The van der Waals surface area contributed by atoms with Gasteiger partial charge in [0, 0.05) is 31.5 Å². The van der Waals surface area contributed by atoms with Gasteiger partial charge in [-0.15, -0.1) is 0 Å². The lowest BCUT2D eigenvalue weighted by Crippen LogP contribution is -2.51. The summed E-state index contributed by atoms with van der Waals surface area (Å²) in [6.07, 6.45) is 12.7. The molecule has 9 atom stereocenters. The number of carbonyl (C=O) groups is 1. The third-order valence-corrected chi connectivity index (χ3v) is 12.4. The molecule has 3 heteroatoms. The first-order valence-corrected chi connectivity index (χ1v) is 15.7. The van der Waals surface area contributed by atoms with Crippen molar-refractivity contribution in [2.75, 3.05) is 6.54 Å². The van der Waals surface area contributed by atoms with Crippen LogP contribution in [0, 0.1) is 35.0 Å². The van der Waals surface area contributed by atoms with Crippen LogP contribution >= 0.6 is 0 Å². The van der Waals surface area contributed by atoms with Gasteiger partial charge in [-0.1, -0.05) is 67.8 Å². The van der Waals surface area contributed by atoms with Crippen LogP contribution in [0.2, 0.25) is 0 Å². The maximum Gasteiger partial charge on any atom is 0.155 e. The number of nitrogens with zero attached hydrogens (tertiary/aromatic N) is 1. The summed E-state index contributed by atoms with van der Waals surface area (Å²) in [6, 6.07) is 11.6. The zero-order chi connectivity index (χ0) is 26.2. The van der Waals surface area contributed by atoms with Crippen molar-refractivity contribution in [2.45, 2.75) is 110 Å². The Hall–Kier alpha value is -1.71. The molecule has 7 rings (SSSR count). The number of rotatable bonds is 2. The molecule has 0 radical (unpaired) electrons. The van der Waals surface area contributed by atoms with Crippen molar-refractivity contribution in [3.8, 4) is 0 Å². The Balaban J connectivity index is 1.16. The normalized spacial score (nSPS) is 44.8. The number of allylic oxidation sites excluding steroid dienone is 3. The first kappa shape index (κ1) is 25.3. The van der Waals surface area contributed by atoms with Gasteiger partial charge in [-0.3, -0.25) is 9.69 Å². The average Bonchev–Trinajstić information content (AvgIpc) is 3.35. The quantitative estimate of drug-likeness (QED) is 0.383. The van der Waals surface area contributed by atoms with Crippen LogP contribution in [0.25, 0.3) is 0 Å². The number of hydrogen-bond donors (Lipinski definition) is 0. The molecule has 2 heterocycles. The minimum Gasteiger partial charge on any atom is -0.369 e. The van der Waals surface area contributed by atoms with Gasteiger partial charge >= 0.3 is 0 Å². The monoisotopic (exact) mass is 513 g/mol. The molecule has 0 amide bonds. The van der Waals surface area contributed by atoms with Gasteiger partial charge in [0.1, 0.15) is 0 Å². The molecule has 2 saturated heterocycles.